The fraction of sp³-hybridized carbons (Fsp3) is 0.513. The van der Waals surface area contributed by atoms with Crippen LogP contribution in [0.2, 0.25) is 0 Å². The summed E-state index contributed by atoms with van der Waals surface area (Å²) in [5.74, 6) is -3.27. The highest BCUT2D eigenvalue weighted by Crippen LogP contribution is 2.65. The van der Waals surface area contributed by atoms with Crippen LogP contribution in [0.15, 0.2) is 70.4 Å². The highest BCUT2D eigenvalue weighted by molar-refractivity contribution is 6.41. The molecule has 45 heavy (non-hydrogen) atoms. The zero-order chi connectivity index (χ0) is 33.9. The van der Waals surface area contributed by atoms with Gasteiger partial charge in [-0.15, -0.1) is 0 Å². The van der Waals surface area contributed by atoms with E-state index in [1.54, 1.807) is 0 Å². The molecule has 1 aromatic rings. The number of aliphatic hydroxyl groups is 1. The number of ketones is 3. The van der Waals surface area contributed by atoms with Crippen LogP contribution in [-0.4, -0.2) is 32.7 Å². The minimum atomic E-state index is -1.56. The maximum Gasteiger partial charge on any atom is 0.184 e. The van der Waals surface area contributed by atoms with E-state index in [-0.39, 0.29) is 42.1 Å². The Balaban J connectivity index is 2.36. The van der Waals surface area contributed by atoms with E-state index in [2.05, 4.69) is 12.2 Å². The number of phenolic OH excluding ortho intramolecular Hbond substituents is 2. The third-order valence-electron chi connectivity index (χ3n) is 10.1. The maximum absolute atomic E-state index is 15.1. The van der Waals surface area contributed by atoms with Crippen LogP contribution < -0.4 is 0 Å². The maximum atomic E-state index is 15.1. The monoisotopic (exact) mass is 616 g/mol. The smallest absolute Gasteiger partial charge is 0.184 e. The first-order chi connectivity index (χ1) is 20.9. The Hall–Kier alpha value is -3.67. The molecule has 0 aromatic heterocycles. The van der Waals surface area contributed by atoms with Crippen molar-refractivity contribution in [2.24, 2.45) is 22.2 Å². The molecule has 0 saturated heterocycles. The summed E-state index contributed by atoms with van der Waals surface area (Å²) in [5.41, 5.74) is 0.173. The Bertz CT molecular complexity index is 1500. The van der Waals surface area contributed by atoms with Crippen LogP contribution in [0.3, 0.4) is 0 Å². The number of allylic oxidation sites excluding steroid dienone is 9. The van der Waals surface area contributed by atoms with Gasteiger partial charge in [0.15, 0.2) is 28.8 Å². The number of hydrogen-bond acceptors (Lipinski definition) is 6. The lowest BCUT2D eigenvalue weighted by atomic mass is 9.38. The second-order valence-corrected chi connectivity index (χ2v) is 14.4. The molecule has 2 aliphatic carbocycles. The molecule has 0 heterocycles. The summed E-state index contributed by atoms with van der Waals surface area (Å²) in [6.45, 7) is 18.0. The summed E-state index contributed by atoms with van der Waals surface area (Å²) in [4.78, 5) is 44.7. The largest absolute Gasteiger partial charge is 0.506 e. The van der Waals surface area contributed by atoms with E-state index < -0.39 is 45.1 Å². The van der Waals surface area contributed by atoms with Crippen LogP contribution in [0.5, 0.6) is 11.5 Å². The van der Waals surface area contributed by atoms with Crippen molar-refractivity contribution in [3.8, 4) is 11.5 Å². The van der Waals surface area contributed by atoms with Crippen molar-refractivity contribution < 1.29 is 29.7 Å². The lowest BCUT2D eigenvalue weighted by molar-refractivity contribution is -0.177. The third-order valence-corrected chi connectivity index (χ3v) is 10.1. The minimum absolute atomic E-state index is 0.0244. The van der Waals surface area contributed by atoms with Crippen LogP contribution in [0.25, 0.3) is 5.76 Å². The molecule has 6 nitrogen and oxygen atoms in total. The van der Waals surface area contributed by atoms with Gasteiger partial charge in [0.05, 0.1) is 10.8 Å². The fourth-order valence-corrected chi connectivity index (χ4v) is 7.19. The highest BCUT2D eigenvalue weighted by Gasteiger charge is 2.73. The number of hydrogen-bond donors (Lipinski definition) is 3. The second-order valence-electron chi connectivity index (χ2n) is 14.4. The van der Waals surface area contributed by atoms with Gasteiger partial charge in [-0.25, -0.2) is 0 Å². The quantitative estimate of drug-likeness (QED) is 0.0570. The Morgan fingerprint density at radius 2 is 1.42 bits per heavy atom. The van der Waals surface area contributed by atoms with Crippen molar-refractivity contribution in [2.75, 3.05) is 0 Å². The molecule has 6 heteroatoms. The van der Waals surface area contributed by atoms with Gasteiger partial charge >= 0.3 is 0 Å². The van der Waals surface area contributed by atoms with Crippen molar-refractivity contribution in [1.82, 2.24) is 0 Å². The summed E-state index contributed by atoms with van der Waals surface area (Å²) in [5, 5.41) is 31.7. The summed E-state index contributed by atoms with van der Waals surface area (Å²) in [7, 11) is 0. The molecule has 2 fully saturated rings. The van der Waals surface area contributed by atoms with E-state index >= 15 is 4.79 Å². The van der Waals surface area contributed by atoms with Crippen molar-refractivity contribution in [1.29, 1.82) is 0 Å². The van der Waals surface area contributed by atoms with Gasteiger partial charge < -0.3 is 15.3 Å². The molecule has 2 saturated carbocycles. The first-order valence-electron chi connectivity index (χ1n) is 16.1. The van der Waals surface area contributed by atoms with E-state index in [1.165, 1.54) is 17.7 Å². The van der Waals surface area contributed by atoms with Gasteiger partial charge in [0.25, 0.3) is 0 Å². The number of rotatable bonds is 11. The Labute approximate surface area is 269 Å². The van der Waals surface area contributed by atoms with Gasteiger partial charge in [0.2, 0.25) is 0 Å². The third kappa shape index (κ3) is 6.80. The lowest BCUT2D eigenvalue weighted by Gasteiger charge is -2.60. The second kappa shape index (κ2) is 13.8. The highest BCUT2D eigenvalue weighted by atomic mass is 16.3. The number of carbonyl (C=O) groups is 3. The molecule has 244 valence electrons. The van der Waals surface area contributed by atoms with E-state index in [0.29, 0.717) is 12.8 Å². The SMILES string of the molecule is CC(C)=CCCC(C)=CCC12CC(CC=C(C)C)C(C)(C)C(CCC=C(C)C)(C(=O)C(=C(O)c3ccc(O)c(O)c3)C1=O)C2=O. The van der Waals surface area contributed by atoms with Gasteiger partial charge in [0.1, 0.15) is 11.3 Å². The number of aromatic hydroxyl groups is 2. The summed E-state index contributed by atoms with van der Waals surface area (Å²) in [6.07, 6.45) is 11.6. The minimum Gasteiger partial charge on any atom is -0.506 e. The molecular formula is C39H52O6. The molecule has 2 bridgehead atoms. The van der Waals surface area contributed by atoms with Gasteiger partial charge in [-0.2, -0.15) is 0 Å². The molecular weight excluding hydrogens is 564 g/mol. The number of Topliss-reactive ketones (excluding diaryl/α,β-unsaturated/α-hetero) is 3. The summed E-state index contributed by atoms with van der Waals surface area (Å²) >= 11 is 0. The number of carbonyl (C=O) groups excluding carboxylic acids is 3. The molecule has 0 aliphatic heterocycles. The molecule has 3 rings (SSSR count). The van der Waals surface area contributed by atoms with Crippen LogP contribution >= 0.6 is 0 Å². The molecule has 0 spiro atoms. The van der Waals surface area contributed by atoms with Gasteiger partial charge in [-0.3, -0.25) is 14.4 Å². The van der Waals surface area contributed by atoms with E-state index in [4.69, 9.17) is 0 Å². The standard InChI is InChI=1S/C39H52O6/c1-24(2)12-10-14-27(7)19-21-38-23-29(17-15-26(5)6)37(8,9)39(36(38)45,20-11-13-25(3)4)35(44)32(34(38)43)33(42)28-16-18-30(40)31(41)22-28/h12-13,15-16,18-19,22,29,40-42H,10-11,14,17,20-21,23H2,1-9H3. The molecule has 2 aliphatic rings. The van der Waals surface area contributed by atoms with Gasteiger partial charge in [-0.1, -0.05) is 60.4 Å². The summed E-state index contributed by atoms with van der Waals surface area (Å²) < 4.78 is 0. The van der Waals surface area contributed by atoms with Crippen molar-refractivity contribution in [3.63, 3.8) is 0 Å². The average molecular weight is 617 g/mol. The van der Waals surface area contributed by atoms with Gasteiger partial charge in [-0.05, 0) is 123 Å². The number of aliphatic hydroxyl groups excluding tert-OH is 1. The zero-order valence-electron chi connectivity index (χ0n) is 28.6. The molecule has 0 radical (unpaired) electrons. The van der Waals surface area contributed by atoms with E-state index in [9.17, 15) is 24.9 Å². The van der Waals surface area contributed by atoms with E-state index in [1.807, 2.05) is 74.5 Å². The first kappa shape index (κ1) is 35.8. The lowest BCUT2D eigenvalue weighted by Crippen LogP contribution is -2.69. The van der Waals surface area contributed by atoms with Crippen molar-refractivity contribution >= 4 is 23.1 Å². The Kier molecular flexibility index (Phi) is 10.9. The number of fused-ring (bicyclic) bond motifs is 2. The van der Waals surface area contributed by atoms with Crippen molar-refractivity contribution in [3.05, 3.63) is 75.9 Å². The van der Waals surface area contributed by atoms with Crippen molar-refractivity contribution in [2.45, 2.75) is 107 Å². The van der Waals surface area contributed by atoms with Crippen LogP contribution in [0.1, 0.15) is 113 Å². The fourth-order valence-electron chi connectivity index (χ4n) is 7.19. The molecule has 3 unspecified atom stereocenters. The number of benzene rings is 1. The normalized spacial score (nSPS) is 25.5. The zero-order valence-corrected chi connectivity index (χ0v) is 28.6. The summed E-state index contributed by atoms with van der Waals surface area (Å²) in [6, 6.07) is 3.68. The van der Waals surface area contributed by atoms with E-state index in [0.717, 1.165) is 35.6 Å². The van der Waals surface area contributed by atoms with Gasteiger partial charge in [0, 0.05) is 5.56 Å². The Morgan fingerprint density at radius 1 is 0.822 bits per heavy atom. The predicted molar refractivity (Wildman–Crippen MR) is 181 cm³/mol. The average Bonchev–Trinajstić information content (AvgIpc) is 2.94. The predicted octanol–water partition coefficient (Wildman–Crippen LogP) is 9.29. The first-order valence-corrected chi connectivity index (χ1v) is 16.1. The topological polar surface area (TPSA) is 112 Å². The Morgan fingerprint density at radius 3 is 2.00 bits per heavy atom. The van der Waals surface area contributed by atoms with Crippen LogP contribution in [-0.2, 0) is 14.4 Å². The molecule has 1 aromatic carbocycles. The molecule has 3 atom stereocenters. The van der Waals surface area contributed by atoms with Crippen LogP contribution in [0.4, 0.5) is 0 Å². The molecule has 3 N–H and O–H groups in total. The van der Waals surface area contributed by atoms with Crippen LogP contribution in [0, 0.1) is 22.2 Å². The number of phenols is 2. The molecule has 0 amide bonds.